The maximum atomic E-state index is 5.70. The fourth-order valence-corrected chi connectivity index (χ4v) is 4.01. The fraction of sp³-hybridized carbons (Fsp3) is 0.375. The number of hydrogen-bond acceptors (Lipinski definition) is 7. The van der Waals surface area contributed by atoms with Crippen molar-refractivity contribution in [3.63, 3.8) is 0 Å². The smallest absolute Gasteiger partial charge is 0.181 e. The highest BCUT2D eigenvalue weighted by Crippen LogP contribution is 2.15. The molecule has 0 aromatic carbocycles. The Bertz CT molecular complexity index is 1060. The maximum Gasteiger partial charge on any atom is 0.181 e. The van der Waals surface area contributed by atoms with Crippen LogP contribution in [0.15, 0.2) is 25.3 Å². The van der Waals surface area contributed by atoms with Gasteiger partial charge in [0.05, 0.1) is 12.7 Å². The molecule has 0 aliphatic rings. The molecule has 4 aromatic heterocycles. The summed E-state index contributed by atoms with van der Waals surface area (Å²) in [6.07, 6.45) is 6.44. The highest BCUT2D eigenvalue weighted by atomic mass is 127. The molecule has 4 rings (SSSR count). The minimum Gasteiger partial charge on any atom is -0.361 e. The molecule has 28 heavy (non-hydrogen) atoms. The summed E-state index contributed by atoms with van der Waals surface area (Å²) in [5, 5.41) is 0. The average molecular weight is 622 g/mol. The van der Waals surface area contributed by atoms with Gasteiger partial charge in [-0.1, -0.05) is 19.6 Å². The first-order valence-electron chi connectivity index (χ1n) is 8.54. The van der Waals surface area contributed by atoms with Crippen molar-refractivity contribution in [3.8, 4) is 0 Å². The largest absolute Gasteiger partial charge is 0.361 e. The minimum atomic E-state index is -1.02. The van der Waals surface area contributed by atoms with E-state index in [1.54, 1.807) is 19.0 Å². The summed E-state index contributed by atoms with van der Waals surface area (Å²) >= 11 is 4.30. The molecule has 0 atom stereocenters. The summed E-state index contributed by atoms with van der Waals surface area (Å²) in [5.41, 5.74) is 3.30. The second-order valence-electron chi connectivity index (χ2n) is 7.16. The lowest BCUT2D eigenvalue weighted by molar-refractivity contribution is 0.0895. The zero-order chi connectivity index (χ0) is 20.1. The van der Waals surface area contributed by atoms with E-state index in [9.17, 15) is 0 Å². The van der Waals surface area contributed by atoms with Gasteiger partial charge in [-0.25, -0.2) is 29.9 Å². The van der Waals surface area contributed by atoms with Crippen LogP contribution < -0.4 is 0 Å². The molecule has 0 fully saturated rings. The quantitative estimate of drug-likeness (QED) is 0.157. The number of H-pyrrole nitrogens is 1. The number of hydrogen-bond donors (Lipinski definition) is 1. The molecule has 0 aliphatic heterocycles. The van der Waals surface area contributed by atoms with Crippen LogP contribution in [0.5, 0.6) is 0 Å². The topological polar surface area (TPSA) is 107 Å². The first-order valence-corrected chi connectivity index (χ1v) is 14.4. The maximum absolute atomic E-state index is 5.70. The molecule has 0 unspecified atom stereocenters. The molecule has 12 heteroatoms. The Hall–Kier alpha value is -1.26. The van der Waals surface area contributed by atoms with Crippen molar-refractivity contribution in [1.82, 2.24) is 39.5 Å². The minimum absolute atomic E-state index is 0.508. The number of aromatic amines is 1. The van der Waals surface area contributed by atoms with Crippen molar-refractivity contribution in [2.45, 2.75) is 32.4 Å². The van der Waals surface area contributed by atoms with Crippen molar-refractivity contribution >= 4 is 75.6 Å². The number of ether oxygens (including phenoxy) is 1. The lowest BCUT2D eigenvalue weighted by atomic mass is 10.6. The van der Waals surface area contributed by atoms with Crippen LogP contribution in [0.4, 0.5) is 0 Å². The molecule has 148 valence electrons. The Kier molecular flexibility index (Phi) is 7.27. The normalized spacial score (nSPS) is 11.6. The Labute approximate surface area is 190 Å². The molecular weight excluding hydrogens is 602 g/mol. The summed E-state index contributed by atoms with van der Waals surface area (Å²) in [5.74, 6) is 0. The van der Waals surface area contributed by atoms with E-state index >= 15 is 0 Å². The predicted octanol–water partition coefficient (Wildman–Crippen LogP) is 3.70. The van der Waals surface area contributed by atoms with Crippen molar-refractivity contribution in [2.24, 2.45) is 0 Å². The number of fused-ring (bicyclic) bond motifs is 2. The molecule has 4 heterocycles. The molecule has 1 N–H and O–H groups in total. The van der Waals surface area contributed by atoms with Gasteiger partial charge in [-0.2, -0.15) is 0 Å². The molecule has 9 nitrogen and oxygen atoms in total. The van der Waals surface area contributed by atoms with E-state index in [0.717, 1.165) is 36.3 Å². The summed E-state index contributed by atoms with van der Waals surface area (Å²) in [4.78, 5) is 27.5. The molecule has 0 aliphatic carbocycles. The first-order chi connectivity index (χ1) is 13.3. The molecule has 0 saturated heterocycles. The Morgan fingerprint density at radius 2 is 1.75 bits per heavy atom. The molecule has 4 aromatic rings. The van der Waals surface area contributed by atoms with Gasteiger partial charge in [-0.05, 0) is 51.2 Å². The van der Waals surface area contributed by atoms with Gasteiger partial charge in [0, 0.05) is 14.7 Å². The van der Waals surface area contributed by atoms with E-state index in [0.29, 0.717) is 6.73 Å². The number of nitrogens with one attached hydrogen (secondary N) is 1. The standard InChI is InChI=1S/C11H17IN4OSi.C5H3IN4/c1-18(2,3)5-4-17-8-16-7-15-9-10(12)13-6-14-11(9)16;6-4-3-5(9-1-7-3)10-2-8-4/h6-7H,4-5,8H2,1-3H3;1-2H,(H,7,8,9,10). The van der Waals surface area contributed by atoms with E-state index in [-0.39, 0.29) is 0 Å². The van der Waals surface area contributed by atoms with Gasteiger partial charge in [0.1, 0.15) is 37.8 Å². The van der Waals surface area contributed by atoms with Gasteiger partial charge in [-0.15, -0.1) is 0 Å². The summed E-state index contributed by atoms with van der Waals surface area (Å²) in [6, 6.07) is 1.17. The molecular formula is C16H20I2N8OSi. The molecule has 0 bridgehead atoms. The van der Waals surface area contributed by atoms with Gasteiger partial charge in [-0.3, -0.25) is 4.57 Å². The third kappa shape index (κ3) is 5.63. The molecule has 0 radical (unpaired) electrons. The lowest BCUT2D eigenvalue weighted by Crippen LogP contribution is -2.22. The van der Waals surface area contributed by atoms with Crippen LogP contribution >= 0.6 is 45.2 Å². The first kappa shape index (κ1) is 21.4. The van der Waals surface area contributed by atoms with Crippen LogP contribution in [-0.4, -0.2) is 54.1 Å². The zero-order valence-corrected chi connectivity index (χ0v) is 21.0. The van der Waals surface area contributed by atoms with E-state index in [4.69, 9.17) is 4.74 Å². The summed E-state index contributed by atoms with van der Waals surface area (Å²) in [6.45, 7) is 8.35. The van der Waals surface area contributed by atoms with Crippen LogP contribution in [0.25, 0.3) is 22.3 Å². The SMILES string of the molecule is C[Si](C)(C)CCOCn1cnc2c(I)ncnc21.Ic1ncnc2nc[nH]c12. The van der Waals surface area contributed by atoms with Gasteiger partial charge in [0.2, 0.25) is 0 Å². The van der Waals surface area contributed by atoms with Gasteiger partial charge in [0.25, 0.3) is 0 Å². The second kappa shape index (κ2) is 9.49. The van der Waals surface area contributed by atoms with E-state index in [1.807, 2.05) is 4.57 Å². The highest BCUT2D eigenvalue weighted by Gasteiger charge is 2.12. The lowest BCUT2D eigenvalue weighted by Gasteiger charge is -2.15. The predicted molar refractivity (Wildman–Crippen MR) is 127 cm³/mol. The Balaban J connectivity index is 0.000000188. The van der Waals surface area contributed by atoms with E-state index in [2.05, 4.69) is 99.7 Å². The van der Waals surface area contributed by atoms with Gasteiger partial charge >= 0.3 is 0 Å². The van der Waals surface area contributed by atoms with E-state index < -0.39 is 8.07 Å². The molecule has 0 spiro atoms. The summed E-state index contributed by atoms with van der Waals surface area (Å²) < 4.78 is 9.39. The van der Waals surface area contributed by atoms with Crippen LogP contribution in [0.3, 0.4) is 0 Å². The van der Waals surface area contributed by atoms with Crippen LogP contribution in [0.1, 0.15) is 0 Å². The van der Waals surface area contributed by atoms with Crippen LogP contribution in [0.2, 0.25) is 25.7 Å². The summed E-state index contributed by atoms with van der Waals surface area (Å²) in [7, 11) is -1.02. The molecule has 0 saturated carbocycles. The zero-order valence-electron chi connectivity index (χ0n) is 15.7. The average Bonchev–Trinajstić information content (AvgIpc) is 3.27. The van der Waals surface area contributed by atoms with Crippen LogP contribution in [0, 0.1) is 7.40 Å². The number of imidazole rings is 2. The van der Waals surface area contributed by atoms with Crippen molar-refractivity contribution in [1.29, 1.82) is 0 Å². The van der Waals surface area contributed by atoms with Gasteiger partial charge < -0.3 is 9.72 Å². The third-order valence-corrected chi connectivity index (χ3v) is 7.07. The molecule has 0 amide bonds. The second-order valence-corrected chi connectivity index (χ2v) is 14.8. The van der Waals surface area contributed by atoms with Crippen LogP contribution in [-0.2, 0) is 11.5 Å². The number of halogens is 2. The van der Waals surface area contributed by atoms with Crippen molar-refractivity contribution in [3.05, 3.63) is 32.7 Å². The highest BCUT2D eigenvalue weighted by molar-refractivity contribution is 14.1. The van der Waals surface area contributed by atoms with Crippen molar-refractivity contribution < 1.29 is 4.74 Å². The Morgan fingerprint density at radius 3 is 2.50 bits per heavy atom. The third-order valence-electron chi connectivity index (χ3n) is 3.76. The van der Waals surface area contributed by atoms with Crippen molar-refractivity contribution in [2.75, 3.05) is 6.61 Å². The number of nitrogens with zero attached hydrogens (tertiary/aromatic N) is 7. The van der Waals surface area contributed by atoms with Gasteiger partial charge in [0.15, 0.2) is 11.3 Å². The number of aromatic nitrogens is 8. The van der Waals surface area contributed by atoms with E-state index in [1.165, 1.54) is 12.4 Å². The fourth-order valence-electron chi connectivity index (χ4n) is 2.22. The monoisotopic (exact) mass is 622 g/mol. The number of rotatable bonds is 5. The Morgan fingerprint density at radius 1 is 1.00 bits per heavy atom.